The highest BCUT2D eigenvalue weighted by atomic mass is 16.5. The Labute approximate surface area is 174 Å². The van der Waals surface area contributed by atoms with Crippen LogP contribution >= 0.6 is 0 Å². The minimum atomic E-state index is -0.583. The van der Waals surface area contributed by atoms with Crippen molar-refractivity contribution in [3.63, 3.8) is 0 Å². The minimum absolute atomic E-state index is 0.0835. The van der Waals surface area contributed by atoms with E-state index in [0.29, 0.717) is 5.75 Å². The second-order valence-electron chi connectivity index (χ2n) is 7.93. The highest BCUT2D eigenvalue weighted by Gasteiger charge is 2.19. The monoisotopic (exact) mass is 396 g/mol. The van der Waals surface area contributed by atoms with Crippen LogP contribution in [0, 0.1) is 5.92 Å². The number of methoxy groups -OCH3 is 1. The first-order chi connectivity index (χ1) is 14.0. The SMILES string of the molecule is COc1ccc(O[C@H](C)C(=O)N[C@H](C)c2ccc(N3CCC(C)CC3)cc2)cc1. The van der Waals surface area contributed by atoms with Crippen molar-refractivity contribution >= 4 is 11.6 Å². The number of hydrogen-bond acceptors (Lipinski definition) is 4. The molecule has 5 nitrogen and oxygen atoms in total. The molecule has 0 bridgehead atoms. The van der Waals surface area contributed by atoms with Crippen molar-refractivity contribution in [2.75, 3.05) is 25.1 Å². The number of piperidine rings is 1. The molecular formula is C24H32N2O3. The van der Waals surface area contributed by atoms with E-state index in [1.807, 2.05) is 19.1 Å². The Balaban J connectivity index is 1.53. The summed E-state index contributed by atoms with van der Waals surface area (Å²) in [4.78, 5) is 15.0. The highest BCUT2D eigenvalue weighted by Crippen LogP contribution is 2.25. The summed E-state index contributed by atoms with van der Waals surface area (Å²) in [6, 6.07) is 15.7. The molecular weight excluding hydrogens is 364 g/mol. The van der Waals surface area contributed by atoms with Gasteiger partial charge in [-0.1, -0.05) is 19.1 Å². The van der Waals surface area contributed by atoms with E-state index in [1.165, 1.54) is 18.5 Å². The van der Waals surface area contributed by atoms with Gasteiger partial charge in [0.05, 0.1) is 13.2 Å². The summed E-state index contributed by atoms with van der Waals surface area (Å²) in [5.74, 6) is 2.08. The zero-order chi connectivity index (χ0) is 20.8. The number of nitrogens with zero attached hydrogens (tertiary/aromatic N) is 1. The molecule has 1 N–H and O–H groups in total. The zero-order valence-electron chi connectivity index (χ0n) is 17.9. The molecule has 2 aromatic rings. The number of rotatable bonds is 7. The van der Waals surface area contributed by atoms with Crippen LogP contribution < -0.4 is 19.7 Å². The van der Waals surface area contributed by atoms with Crippen LogP contribution in [0.1, 0.15) is 45.2 Å². The molecule has 156 valence electrons. The highest BCUT2D eigenvalue weighted by molar-refractivity contribution is 5.81. The lowest BCUT2D eigenvalue weighted by molar-refractivity contribution is -0.127. The first-order valence-electron chi connectivity index (χ1n) is 10.4. The summed E-state index contributed by atoms with van der Waals surface area (Å²) in [6.07, 6.45) is 1.92. The van der Waals surface area contributed by atoms with Crippen LogP contribution in [0.2, 0.25) is 0 Å². The van der Waals surface area contributed by atoms with Crippen molar-refractivity contribution in [2.24, 2.45) is 5.92 Å². The van der Waals surface area contributed by atoms with Gasteiger partial charge < -0.3 is 19.7 Å². The molecule has 1 aliphatic heterocycles. The predicted molar refractivity (Wildman–Crippen MR) is 117 cm³/mol. The lowest BCUT2D eigenvalue weighted by Crippen LogP contribution is -2.37. The molecule has 0 spiro atoms. The molecule has 29 heavy (non-hydrogen) atoms. The van der Waals surface area contributed by atoms with Crippen molar-refractivity contribution in [2.45, 2.75) is 45.8 Å². The van der Waals surface area contributed by atoms with Gasteiger partial charge in [0.1, 0.15) is 11.5 Å². The summed E-state index contributed by atoms with van der Waals surface area (Å²) in [7, 11) is 1.62. The van der Waals surface area contributed by atoms with Crippen molar-refractivity contribution in [3.8, 4) is 11.5 Å². The number of hydrogen-bond donors (Lipinski definition) is 1. The topological polar surface area (TPSA) is 50.8 Å². The third-order valence-electron chi connectivity index (χ3n) is 5.64. The maximum atomic E-state index is 12.5. The molecule has 2 atom stereocenters. The number of amides is 1. The quantitative estimate of drug-likeness (QED) is 0.744. The van der Waals surface area contributed by atoms with Gasteiger partial charge in [0.2, 0.25) is 0 Å². The van der Waals surface area contributed by atoms with Gasteiger partial charge in [-0.05, 0) is 74.6 Å². The van der Waals surface area contributed by atoms with E-state index in [1.54, 1.807) is 26.2 Å². The van der Waals surface area contributed by atoms with Gasteiger partial charge in [-0.15, -0.1) is 0 Å². The minimum Gasteiger partial charge on any atom is -0.497 e. The standard InChI is InChI=1S/C24H32N2O3/c1-17-13-15-26(16-14-17)21-7-5-20(6-8-21)18(2)25-24(27)19(3)29-23-11-9-22(28-4)10-12-23/h5-12,17-19H,13-16H2,1-4H3,(H,25,27)/t18-,19-/m1/s1. The third kappa shape index (κ3) is 5.66. The summed E-state index contributed by atoms with van der Waals surface area (Å²) >= 11 is 0. The number of ether oxygens (including phenoxy) is 2. The van der Waals surface area contributed by atoms with Crippen molar-refractivity contribution in [1.29, 1.82) is 0 Å². The van der Waals surface area contributed by atoms with Crippen LogP contribution in [-0.4, -0.2) is 32.2 Å². The molecule has 0 unspecified atom stereocenters. The molecule has 5 heteroatoms. The molecule has 3 rings (SSSR count). The second-order valence-corrected chi connectivity index (χ2v) is 7.93. The molecule has 1 amide bonds. The van der Waals surface area contributed by atoms with E-state index in [0.717, 1.165) is 30.3 Å². The lowest BCUT2D eigenvalue weighted by Gasteiger charge is -2.32. The summed E-state index contributed by atoms with van der Waals surface area (Å²) < 4.78 is 10.9. The fraction of sp³-hybridized carbons (Fsp3) is 0.458. The Hall–Kier alpha value is -2.69. The van der Waals surface area contributed by atoms with Crippen LogP contribution in [0.4, 0.5) is 5.69 Å². The zero-order valence-corrected chi connectivity index (χ0v) is 17.9. The van der Waals surface area contributed by atoms with Crippen LogP contribution in [0.5, 0.6) is 11.5 Å². The molecule has 0 aromatic heterocycles. The number of carbonyl (C=O) groups is 1. The molecule has 1 aliphatic rings. The van der Waals surface area contributed by atoms with Gasteiger partial charge in [-0.3, -0.25) is 4.79 Å². The van der Waals surface area contributed by atoms with E-state index in [9.17, 15) is 4.79 Å². The van der Waals surface area contributed by atoms with E-state index in [4.69, 9.17) is 9.47 Å². The Morgan fingerprint density at radius 2 is 1.59 bits per heavy atom. The number of benzene rings is 2. The molecule has 2 aromatic carbocycles. The van der Waals surface area contributed by atoms with Gasteiger partial charge in [-0.2, -0.15) is 0 Å². The van der Waals surface area contributed by atoms with E-state index < -0.39 is 6.10 Å². The number of carbonyl (C=O) groups excluding carboxylic acids is 1. The fourth-order valence-electron chi connectivity index (χ4n) is 3.57. The van der Waals surface area contributed by atoms with Crippen LogP contribution in [0.25, 0.3) is 0 Å². The first kappa shape index (κ1) is 21.0. The fourth-order valence-corrected chi connectivity index (χ4v) is 3.57. The van der Waals surface area contributed by atoms with E-state index >= 15 is 0 Å². The van der Waals surface area contributed by atoms with Gasteiger partial charge in [0.25, 0.3) is 5.91 Å². The van der Waals surface area contributed by atoms with Gasteiger partial charge in [0.15, 0.2) is 6.10 Å². The van der Waals surface area contributed by atoms with E-state index in [-0.39, 0.29) is 11.9 Å². The molecule has 0 aliphatic carbocycles. The Kier molecular flexibility index (Phi) is 7.02. The maximum absolute atomic E-state index is 12.5. The van der Waals surface area contributed by atoms with Crippen LogP contribution in [-0.2, 0) is 4.79 Å². The average molecular weight is 397 g/mol. The number of nitrogens with one attached hydrogen (secondary N) is 1. The lowest BCUT2D eigenvalue weighted by atomic mass is 9.98. The van der Waals surface area contributed by atoms with Gasteiger partial charge in [0, 0.05) is 18.8 Å². The van der Waals surface area contributed by atoms with Crippen LogP contribution in [0.3, 0.4) is 0 Å². The number of anilines is 1. The van der Waals surface area contributed by atoms with Crippen molar-refractivity contribution in [3.05, 3.63) is 54.1 Å². The summed E-state index contributed by atoms with van der Waals surface area (Å²) in [6.45, 7) is 8.31. The summed E-state index contributed by atoms with van der Waals surface area (Å²) in [5.41, 5.74) is 2.35. The predicted octanol–water partition coefficient (Wildman–Crippen LogP) is 4.58. The second kappa shape index (κ2) is 9.68. The van der Waals surface area contributed by atoms with Crippen molar-refractivity contribution < 1.29 is 14.3 Å². The Bertz CT molecular complexity index is 781. The third-order valence-corrected chi connectivity index (χ3v) is 5.64. The summed E-state index contributed by atoms with van der Waals surface area (Å²) in [5, 5.41) is 3.04. The normalized spacial score (nSPS) is 16.8. The maximum Gasteiger partial charge on any atom is 0.261 e. The molecule has 0 saturated carbocycles. The molecule has 1 heterocycles. The molecule has 1 saturated heterocycles. The van der Waals surface area contributed by atoms with Crippen molar-refractivity contribution in [1.82, 2.24) is 5.32 Å². The van der Waals surface area contributed by atoms with Gasteiger partial charge >= 0.3 is 0 Å². The molecule has 0 radical (unpaired) electrons. The van der Waals surface area contributed by atoms with Crippen LogP contribution in [0.15, 0.2) is 48.5 Å². The average Bonchev–Trinajstić information content (AvgIpc) is 2.75. The largest absolute Gasteiger partial charge is 0.497 e. The smallest absolute Gasteiger partial charge is 0.261 e. The Morgan fingerprint density at radius 1 is 1.00 bits per heavy atom. The molecule has 1 fully saturated rings. The Morgan fingerprint density at radius 3 is 2.17 bits per heavy atom. The van der Waals surface area contributed by atoms with E-state index in [2.05, 4.69) is 41.4 Å². The first-order valence-corrected chi connectivity index (χ1v) is 10.4. The van der Waals surface area contributed by atoms with Gasteiger partial charge in [-0.25, -0.2) is 0 Å².